The van der Waals surface area contributed by atoms with Gasteiger partial charge in [-0.05, 0) is 63.8 Å². The summed E-state index contributed by atoms with van der Waals surface area (Å²) in [6, 6.07) is 6.28. The first-order valence-corrected chi connectivity index (χ1v) is 9.77. The van der Waals surface area contributed by atoms with Gasteiger partial charge in [0.2, 0.25) is 5.43 Å². The molecule has 0 aliphatic carbocycles. The molecule has 0 unspecified atom stereocenters. The third-order valence-electron chi connectivity index (χ3n) is 4.96. The Kier molecular flexibility index (Phi) is 6.01. The third-order valence-corrected chi connectivity index (χ3v) is 4.96. The van der Waals surface area contributed by atoms with Crippen molar-refractivity contribution in [3.63, 3.8) is 0 Å². The van der Waals surface area contributed by atoms with Crippen molar-refractivity contribution >= 4 is 11.0 Å². The molecule has 0 radical (unpaired) electrons. The van der Waals surface area contributed by atoms with Crippen molar-refractivity contribution in [2.45, 2.75) is 40.5 Å². The molecule has 0 fully saturated rings. The number of phenolic OH excluding ortho intramolecular Hbond substituents is 3. The zero-order valence-corrected chi connectivity index (χ0v) is 17.6. The maximum absolute atomic E-state index is 13.2. The van der Waals surface area contributed by atoms with Gasteiger partial charge in [-0.3, -0.25) is 4.79 Å². The third kappa shape index (κ3) is 4.25. The molecule has 0 saturated heterocycles. The molecule has 0 saturated carbocycles. The van der Waals surface area contributed by atoms with Crippen LogP contribution in [0.3, 0.4) is 0 Å². The first kappa shape index (κ1) is 21.2. The van der Waals surface area contributed by atoms with Crippen molar-refractivity contribution in [2.24, 2.45) is 0 Å². The molecule has 0 amide bonds. The van der Waals surface area contributed by atoms with Crippen molar-refractivity contribution in [3.05, 3.63) is 75.2 Å². The fourth-order valence-corrected chi connectivity index (χ4v) is 3.23. The van der Waals surface area contributed by atoms with Gasteiger partial charge in [-0.25, -0.2) is 0 Å². The molecule has 1 aromatic heterocycles. The van der Waals surface area contributed by atoms with E-state index < -0.39 is 5.43 Å². The standard InChI is InChI=1S/C25H26O5/c1-14(2)5-7-17-11-16(8-10-20(17)26)19-13-30-22-12-21(27)18(9-6-15(3)4)24(28)23(22)25(19)29/h5-6,8,10-13,26-28H,7,9H2,1-4H3. The van der Waals surface area contributed by atoms with Crippen molar-refractivity contribution < 1.29 is 19.7 Å². The van der Waals surface area contributed by atoms with E-state index in [4.69, 9.17) is 4.42 Å². The average molecular weight is 406 g/mol. The molecule has 3 N–H and O–H groups in total. The van der Waals surface area contributed by atoms with E-state index in [9.17, 15) is 20.1 Å². The molecule has 0 atom stereocenters. The van der Waals surface area contributed by atoms with E-state index in [1.54, 1.807) is 18.2 Å². The van der Waals surface area contributed by atoms with Crippen LogP contribution in [0.1, 0.15) is 38.8 Å². The van der Waals surface area contributed by atoms with Crippen LogP contribution in [0.25, 0.3) is 22.1 Å². The van der Waals surface area contributed by atoms with Gasteiger partial charge in [0.05, 0.1) is 5.56 Å². The number of hydrogen-bond acceptors (Lipinski definition) is 5. The highest BCUT2D eigenvalue weighted by molar-refractivity contribution is 5.89. The summed E-state index contributed by atoms with van der Waals surface area (Å²) in [5.74, 6) is -0.248. The summed E-state index contributed by atoms with van der Waals surface area (Å²) in [6.45, 7) is 7.78. The highest BCUT2D eigenvalue weighted by Gasteiger charge is 2.19. The van der Waals surface area contributed by atoms with E-state index >= 15 is 0 Å². The van der Waals surface area contributed by atoms with Gasteiger partial charge < -0.3 is 19.7 Å². The highest BCUT2D eigenvalue weighted by atomic mass is 16.3. The van der Waals surface area contributed by atoms with Gasteiger partial charge in [0.1, 0.15) is 34.5 Å². The minimum Gasteiger partial charge on any atom is -0.508 e. The lowest BCUT2D eigenvalue weighted by molar-refractivity contribution is 0.442. The van der Waals surface area contributed by atoms with Crippen LogP contribution in [-0.2, 0) is 12.8 Å². The van der Waals surface area contributed by atoms with Gasteiger partial charge in [0.25, 0.3) is 0 Å². The summed E-state index contributed by atoms with van der Waals surface area (Å²) in [4.78, 5) is 13.2. The van der Waals surface area contributed by atoms with E-state index in [1.165, 1.54) is 12.3 Å². The average Bonchev–Trinajstić information content (AvgIpc) is 2.67. The number of benzene rings is 2. The van der Waals surface area contributed by atoms with Gasteiger partial charge in [0, 0.05) is 11.6 Å². The maximum atomic E-state index is 13.2. The normalized spacial score (nSPS) is 10.8. The molecule has 156 valence electrons. The number of fused-ring (bicyclic) bond motifs is 1. The summed E-state index contributed by atoms with van der Waals surface area (Å²) in [5, 5.41) is 31.2. The molecule has 5 nitrogen and oxygen atoms in total. The van der Waals surface area contributed by atoms with Crippen molar-refractivity contribution in [3.8, 4) is 28.4 Å². The lowest BCUT2D eigenvalue weighted by atomic mass is 9.98. The molecule has 3 aromatic rings. The second-order valence-corrected chi connectivity index (χ2v) is 7.89. The predicted octanol–water partition coefficient (Wildman–Crippen LogP) is 5.59. The number of rotatable bonds is 5. The Morgan fingerprint density at radius 2 is 1.60 bits per heavy atom. The molecule has 1 heterocycles. The summed E-state index contributed by atoms with van der Waals surface area (Å²) >= 11 is 0. The zero-order chi connectivity index (χ0) is 22.0. The van der Waals surface area contributed by atoms with Crippen molar-refractivity contribution in [1.29, 1.82) is 0 Å². The largest absolute Gasteiger partial charge is 0.508 e. The Morgan fingerprint density at radius 1 is 0.933 bits per heavy atom. The van der Waals surface area contributed by atoms with Gasteiger partial charge in [-0.2, -0.15) is 0 Å². The number of phenols is 3. The Balaban J connectivity index is 2.18. The first-order valence-electron chi connectivity index (χ1n) is 9.77. The van der Waals surface area contributed by atoms with E-state index in [0.717, 1.165) is 11.1 Å². The summed E-state index contributed by atoms with van der Waals surface area (Å²) in [6.07, 6.45) is 6.00. The topological polar surface area (TPSA) is 90.9 Å². The summed E-state index contributed by atoms with van der Waals surface area (Å²) in [7, 11) is 0. The summed E-state index contributed by atoms with van der Waals surface area (Å²) < 4.78 is 5.58. The monoisotopic (exact) mass is 406 g/mol. The second-order valence-electron chi connectivity index (χ2n) is 7.89. The van der Waals surface area contributed by atoms with Crippen LogP contribution in [0, 0.1) is 0 Å². The Labute approximate surface area is 175 Å². The van der Waals surface area contributed by atoms with Crippen LogP contribution in [0.2, 0.25) is 0 Å². The maximum Gasteiger partial charge on any atom is 0.204 e. The second kappa shape index (κ2) is 8.49. The lowest BCUT2D eigenvalue weighted by Gasteiger charge is -2.11. The SMILES string of the molecule is CC(C)=CCc1cc(-c2coc3cc(O)c(CC=C(C)C)c(O)c3c2=O)ccc1O. The Bertz CT molecular complexity index is 1220. The van der Waals surface area contributed by atoms with Gasteiger partial charge >= 0.3 is 0 Å². The zero-order valence-electron chi connectivity index (χ0n) is 17.6. The fraction of sp³-hybridized carbons (Fsp3) is 0.240. The van der Waals surface area contributed by atoms with Crippen LogP contribution >= 0.6 is 0 Å². The minimum atomic E-state index is -0.397. The molecule has 0 aliphatic heterocycles. The summed E-state index contributed by atoms with van der Waals surface area (Å²) in [5.41, 5.74) is 3.69. The molecule has 0 bridgehead atoms. The number of allylic oxidation sites excluding steroid dienone is 4. The highest BCUT2D eigenvalue weighted by Crippen LogP contribution is 2.36. The quantitative estimate of drug-likeness (QED) is 0.480. The lowest BCUT2D eigenvalue weighted by Crippen LogP contribution is -2.06. The molecule has 2 aromatic carbocycles. The van der Waals surface area contributed by atoms with E-state index in [2.05, 4.69) is 0 Å². The minimum absolute atomic E-state index is 0.0291. The van der Waals surface area contributed by atoms with E-state index in [-0.39, 0.29) is 39.3 Å². The first-order chi connectivity index (χ1) is 14.2. The molecule has 30 heavy (non-hydrogen) atoms. The number of aromatic hydroxyl groups is 3. The van der Waals surface area contributed by atoms with Crippen LogP contribution in [0.4, 0.5) is 0 Å². The Hall–Kier alpha value is -3.47. The van der Waals surface area contributed by atoms with Crippen LogP contribution in [0.15, 0.2) is 63.0 Å². The van der Waals surface area contributed by atoms with Crippen LogP contribution in [0.5, 0.6) is 17.2 Å². The van der Waals surface area contributed by atoms with E-state index in [0.29, 0.717) is 24.0 Å². The van der Waals surface area contributed by atoms with Gasteiger partial charge in [-0.15, -0.1) is 0 Å². The molecular formula is C25H26O5. The van der Waals surface area contributed by atoms with Crippen LogP contribution < -0.4 is 5.43 Å². The molecule has 0 aliphatic rings. The molecule has 0 spiro atoms. The van der Waals surface area contributed by atoms with Gasteiger partial charge in [0.15, 0.2) is 0 Å². The molecular weight excluding hydrogens is 380 g/mol. The van der Waals surface area contributed by atoms with Crippen LogP contribution in [-0.4, -0.2) is 15.3 Å². The van der Waals surface area contributed by atoms with Crippen molar-refractivity contribution in [2.75, 3.05) is 0 Å². The number of hydrogen-bond donors (Lipinski definition) is 3. The molecule has 3 rings (SSSR count). The molecule has 5 heteroatoms. The van der Waals surface area contributed by atoms with Gasteiger partial charge in [-0.1, -0.05) is 29.4 Å². The Morgan fingerprint density at radius 3 is 2.27 bits per heavy atom. The van der Waals surface area contributed by atoms with Crippen molar-refractivity contribution in [1.82, 2.24) is 0 Å². The predicted molar refractivity (Wildman–Crippen MR) is 119 cm³/mol. The van der Waals surface area contributed by atoms with E-state index in [1.807, 2.05) is 39.8 Å². The fourth-order valence-electron chi connectivity index (χ4n) is 3.23. The smallest absolute Gasteiger partial charge is 0.204 e.